The highest BCUT2D eigenvalue weighted by Gasteiger charge is 2.37. The van der Waals surface area contributed by atoms with E-state index in [1.54, 1.807) is 0 Å². The molecule has 0 amide bonds. The van der Waals surface area contributed by atoms with E-state index in [9.17, 15) is 0 Å². The highest BCUT2D eigenvalue weighted by Crippen LogP contribution is 2.50. The fourth-order valence-corrected chi connectivity index (χ4v) is 3.63. The standard InChI is InChI=1S/C17H28OSi/c1-5-6-7-9-15-13-17(15)14-10-8-11-16(12-14)18-19(2,3)4/h8,10-12,15,17H,5-7,9,13H2,1-4H3. The highest BCUT2D eigenvalue weighted by atomic mass is 28.4. The lowest BCUT2D eigenvalue weighted by molar-refractivity contribution is 0.556. The molecule has 1 aromatic carbocycles. The molecule has 2 atom stereocenters. The maximum atomic E-state index is 6.09. The van der Waals surface area contributed by atoms with E-state index in [2.05, 4.69) is 50.8 Å². The molecular weight excluding hydrogens is 248 g/mol. The lowest BCUT2D eigenvalue weighted by atomic mass is 10.1. The zero-order chi connectivity index (χ0) is 13.9. The van der Waals surface area contributed by atoms with Crippen LogP contribution in [0.4, 0.5) is 0 Å². The van der Waals surface area contributed by atoms with Gasteiger partial charge in [-0.1, -0.05) is 38.3 Å². The van der Waals surface area contributed by atoms with Gasteiger partial charge in [-0.2, -0.15) is 0 Å². The first-order valence-electron chi connectivity index (χ1n) is 7.78. The summed E-state index contributed by atoms with van der Waals surface area (Å²) in [5.41, 5.74) is 1.50. The van der Waals surface area contributed by atoms with Crippen molar-refractivity contribution in [3.8, 4) is 5.75 Å². The first kappa shape index (κ1) is 14.6. The van der Waals surface area contributed by atoms with Gasteiger partial charge < -0.3 is 4.43 Å². The quantitative estimate of drug-likeness (QED) is 0.466. The minimum absolute atomic E-state index is 0.807. The molecule has 2 rings (SSSR count). The van der Waals surface area contributed by atoms with Crippen LogP contribution in [-0.2, 0) is 0 Å². The lowest BCUT2D eigenvalue weighted by Crippen LogP contribution is -2.29. The average Bonchev–Trinajstić information content (AvgIpc) is 3.07. The molecule has 1 aliphatic rings. The van der Waals surface area contributed by atoms with Crippen LogP contribution in [-0.4, -0.2) is 8.32 Å². The van der Waals surface area contributed by atoms with Crippen LogP contribution in [0.5, 0.6) is 5.75 Å². The van der Waals surface area contributed by atoms with Gasteiger partial charge in [-0.25, -0.2) is 0 Å². The second-order valence-electron chi connectivity index (χ2n) is 6.88. The lowest BCUT2D eigenvalue weighted by Gasteiger charge is -2.19. The minimum Gasteiger partial charge on any atom is -0.544 e. The molecule has 19 heavy (non-hydrogen) atoms. The molecule has 1 saturated carbocycles. The molecule has 0 aromatic heterocycles. The molecule has 1 aliphatic carbocycles. The maximum Gasteiger partial charge on any atom is 0.242 e. The third-order valence-electron chi connectivity index (χ3n) is 3.81. The van der Waals surface area contributed by atoms with Crippen LogP contribution in [0.25, 0.3) is 0 Å². The summed E-state index contributed by atoms with van der Waals surface area (Å²) in [6.45, 7) is 9.00. The predicted molar refractivity (Wildman–Crippen MR) is 85.4 cm³/mol. The van der Waals surface area contributed by atoms with Crippen molar-refractivity contribution in [2.24, 2.45) is 5.92 Å². The molecule has 0 N–H and O–H groups in total. The Hall–Kier alpha value is -0.763. The normalized spacial score (nSPS) is 22.3. The number of hydrogen-bond acceptors (Lipinski definition) is 1. The molecule has 0 saturated heterocycles. The van der Waals surface area contributed by atoms with Crippen LogP contribution in [0.2, 0.25) is 19.6 Å². The zero-order valence-electron chi connectivity index (χ0n) is 12.9. The van der Waals surface area contributed by atoms with Crippen molar-refractivity contribution in [3.05, 3.63) is 29.8 Å². The largest absolute Gasteiger partial charge is 0.544 e. The Morgan fingerprint density at radius 2 is 2.00 bits per heavy atom. The molecule has 1 nitrogen and oxygen atoms in total. The van der Waals surface area contributed by atoms with E-state index < -0.39 is 8.32 Å². The molecule has 2 unspecified atom stereocenters. The number of benzene rings is 1. The average molecular weight is 276 g/mol. The molecule has 0 aliphatic heterocycles. The smallest absolute Gasteiger partial charge is 0.242 e. The van der Waals surface area contributed by atoms with Crippen LogP contribution in [0.15, 0.2) is 24.3 Å². The summed E-state index contributed by atoms with van der Waals surface area (Å²) in [5.74, 6) is 2.83. The molecule has 0 heterocycles. The van der Waals surface area contributed by atoms with E-state index >= 15 is 0 Å². The van der Waals surface area contributed by atoms with E-state index in [0.717, 1.165) is 17.6 Å². The fourth-order valence-electron chi connectivity index (χ4n) is 2.79. The third kappa shape index (κ3) is 4.68. The van der Waals surface area contributed by atoms with Crippen LogP contribution in [0.3, 0.4) is 0 Å². The van der Waals surface area contributed by atoms with Gasteiger partial charge in [0, 0.05) is 0 Å². The molecule has 2 heteroatoms. The van der Waals surface area contributed by atoms with Crippen molar-refractivity contribution in [2.75, 3.05) is 0 Å². The summed E-state index contributed by atoms with van der Waals surface area (Å²) in [6, 6.07) is 8.83. The SMILES string of the molecule is CCCCCC1CC1c1cccc(O[Si](C)(C)C)c1. The Morgan fingerprint density at radius 1 is 1.21 bits per heavy atom. The second kappa shape index (κ2) is 6.13. The van der Waals surface area contributed by atoms with Crippen molar-refractivity contribution >= 4 is 8.32 Å². The van der Waals surface area contributed by atoms with Crippen molar-refractivity contribution in [1.29, 1.82) is 0 Å². The molecule has 106 valence electrons. The van der Waals surface area contributed by atoms with Crippen LogP contribution >= 0.6 is 0 Å². The van der Waals surface area contributed by atoms with Gasteiger partial charge in [-0.05, 0) is 62.0 Å². The van der Waals surface area contributed by atoms with E-state index in [4.69, 9.17) is 4.43 Å². The van der Waals surface area contributed by atoms with Crippen molar-refractivity contribution < 1.29 is 4.43 Å². The summed E-state index contributed by atoms with van der Waals surface area (Å²) < 4.78 is 6.09. The highest BCUT2D eigenvalue weighted by molar-refractivity contribution is 6.70. The minimum atomic E-state index is -1.48. The maximum absolute atomic E-state index is 6.09. The van der Waals surface area contributed by atoms with E-state index in [-0.39, 0.29) is 0 Å². The van der Waals surface area contributed by atoms with Gasteiger partial charge in [0.05, 0.1) is 0 Å². The summed E-state index contributed by atoms with van der Waals surface area (Å²) in [5, 5.41) is 0. The molecule has 0 bridgehead atoms. The number of unbranched alkanes of at least 4 members (excludes halogenated alkanes) is 2. The Labute approximate surface area is 119 Å². The molecule has 0 radical (unpaired) electrons. The predicted octanol–water partition coefficient (Wildman–Crippen LogP) is 5.58. The van der Waals surface area contributed by atoms with Gasteiger partial charge in [0.1, 0.15) is 5.75 Å². The number of hydrogen-bond donors (Lipinski definition) is 0. The first-order chi connectivity index (χ1) is 8.99. The number of rotatable bonds is 7. The third-order valence-corrected chi connectivity index (χ3v) is 4.66. The Morgan fingerprint density at radius 3 is 2.68 bits per heavy atom. The second-order valence-corrected chi connectivity index (χ2v) is 11.3. The van der Waals surface area contributed by atoms with Crippen LogP contribution in [0, 0.1) is 5.92 Å². The van der Waals surface area contributed by atoms with Gasteiger partial charge in [0.25, 0.3) is 0 Å². The van der Waals surface area contributed by atoms with Crippen molar-refractivity contribution in [1.82, 2.24) is 0 Å². The summed E-state index contributed by atoms with van der Waals surface area (Å²) >= 11 is 0. The van der Waals surface area contributed by atoms with Crippen molar-refractivity contribution in [2.45, 2.75) is 64.6 Å². The Balaban J connectivity index is 1.90. The molecule has 1 aromatic rings. The van der Waals surface area contributed by atoms with Crippen LogP contribution < -0.4 is 4.43 Å². The molecule has 0 spiro atoms. The van der Waals surface area contributed by atoms with E-state index in [1.807, 2.05) is 0 Å². The first-order valence-corrected chi connectivity index (χ1v) is 11.2. The van der Waals surface area contributed by atoms with Gasteiger partial charge >= 0.3 is 0 Å². The summed E-state index contributed by atoms with van der Waals surface area (Å²) in [4.78, 5) is 0. The van der Waals surface area contributed by atoms with Crippen LogP contribution in [0.1, 0.15) is 50.5 Å². The monoisotopic (exact) mass is 276 g/mol. The Bertz CT molecular complexity index is 408. The molecule has 1 fully saturated rings. The summed E-state index contributed by atoms with van der Waals surface area (Å²) in [7, 11) is -1.48. The Kier molecular flexibility index (Phi) is 4.72. The topological polar surface area (TPSA) is 9.23 Å². The van der Waals surface area contributed by atoms with E-state index in [0.29, 0.717) is 0 Å². The van der Waals surface area contributed by atoms with E-state index in [1.165, 1.54) is 37.7 Å². The zero-order valence-corrected chi connectivity index (χ0v) is 13.9. The van der Waals surface area contributed by atoms with Crippen molar-refractivity contribution in [3.63, 3.8) is 0 Å². The van der Waals surface area contributed by atoms with Gasteiger partial charge in [0.2, 0.25) is 8.32 Å². The van der Waals surface area contributed by atoms with Gasteiger partial charge in [-0.15, -0.1) is 0 Å². The molecular formula is C17H28OSi. The fraction of sp³-hybridized carbons (Fsp3) is 0.647. The van der Waals surface area contributed by atoms with Gasteiger partial charge in [0.15, 0.2) is 0 Å². The van der Waals surface area contributed by atoms with Gasteiger partial charge in [-0.3, -0.25) is 0 Å². The summed E-state index contributed by atoms with van der Waals surface area (Å²) in [6.07, 6.45) is 6.93.